The monoisotopic (exact) mass is 151 g/mol. The van der Waals surface area contributed by atoms with Crippen molar-refractivity contribution < 1.29 is 19.4 Å². The summed E-state index contributed by atoms with van der Waals surface area (Å²) in [4.78, 5) is 8.25. The molecule has 5 nitrogen and oxygen atoms in total. The summed E-state index contributed by atoms with van der Waals surface area (Å²) in [6.45, 7) is 2.61. The molecule has 1 rings (SSSR count). The Balaban J connectivity index is 0. The summed E-state index contributed by atoms with van der Waals surface area (Å²) >= 11 is 0. The van der Waals surface area contributed by atoms with Crippen molar-refractivity contribution >= 4 is 6.47 Å². The first kappa shape index (κ1) is 12.1. The lowest BCUT2D eigenvalue weighted by Gasteiger charge is -2.09. The first-order valence-electron chi connectivity index (χ1n) is 2.63. The number of carbonyl (C=O) groups excluding carboxylic acids is 1. The third-order valence-corrected chi connectivity index (χ3v) is 0.744. The van der Waals surface area contributed by atoms with Crippen molar-refractivity contribution in [3.05, 3.63) is 0 Å². The van der Waals surface area contributed by atoms with Crippen LogP contribution in [0.2, 0.25) is 0 Å². The second-order valence-electron chi connectivity index (χ2n) is 1.32. The second kappa shape index (κ2) is 11.2. The molecule has 1 saturated heterocycles. The van der Waals surface area contributed by atoms with Crippen LogP contribution in [0.3, 0.4) is 0 Å². The van der Waals surface area contributed by atoms with Gasteiger partial charge >= 0.3 is 0 Å². The van der Waals surface area contributed by atoms with Crippen LogP contribution in [0.4, 0.5) is 0 Å². The van der Waals surface area contributed by atoms with Gasteiger partial charge in [-0.05, 0) is 0 Å². The van der Waals surface area contributed by atoms with Gasteiger partial charge in [-0.15, -0.1) is 0 Å². The van der Waals surface area contributed by atoms with Crippen LogP contribution in [0.5, 0.6) is 0 Å². The smallest absolute Gasteiger partial charge is 0.0701 e. The van der Waals surface area contributed by atoms with E-state index in [4.69, 9.17) is 19.4 Å². The van der Waals surface area contributed by atoms with Gasteiger partial charge in [0.2, 0.25) is 0 Å². The molecule has 62 valence electrons. The van der Waals surface area contributed by atoms with Crippen molar-refractivity contribution in [2.75, 3.05) is 26.4 Å². The summed E-state index contributed by atoms with van der Waals surface area (Å²) in [5.41, 5.74) is 0. The van der Waals surface area contributed by atoms with E-state index in [-0.39, 0.29) is 6.15 Å². The lowest BCUT2D eigenvalue weighted by molar-refractivity contribution is -0.283. The molecule has 1 fully saturated rings. The van der Waals surface area contributed by atoms with E-state index in [0.29, 0.717) is 0 Å². The highest BCUT2D eigenvalue weighted by Crippen LogP contribution is 1.85. The number of quaternary nitrogens is 1. The number of carbonyl (C=O) groups is 1. The molecule has 0 bridgehead atoms. The second-order valence-corrected chi connectivity index (χ2v) is 1.32. The van der Waals surface area contributed by atoms with Gasteiger partial charge in [-0.25, -0.2) is 0 Å². The van der Waals surface area contributed by atoms with Gasteiger partial charge in [-0.1, -0.05) is 0 Å². The molecule has 0 aromatic heterocycles. The summed E-state index contributed by atoms with van der Waals surface area (Å²) < 4.78 is 9.89. The van der Waals surface area contributed by atoms with Crippen LogP contribution in [0.1, 0.15) is 0 Å². The van der Waals surface area contributed by atoms with Gasteiger partial charge in [0.15, 0.2) is 0 Å². The summed E-state index contributed by atoms with van der Waals surface area (Å²) in [6.07, 6.45) is 0. The Morgan fingerprint density at radius 3 is 1.40 bits per heavy atom. The molecule has 0 unspecified atom stereocenters. The maximum Gasteiger partial charge on any atom is 0.0701 e. The van der Waals surface area contributed by atoms with Gasteiger partial charge in [0.1, 0.15) is 0 Å². The van der Waals surface area contributed by atoms with Crippen LogP contribution >= 0.6 is 0 Å². The van der Waals surface area contributed by atoms with Gasteiger partial charge < -0.3 is 25.5 Å². The molecule has 0 aliphatic carbocycles. The minimum absolute atomic E-state index is 0. The summed E-state index contributed by atoms with van der Waals surface area (Å²) in [7, 11) is 0. The van der Waals surface area contributed by atoms with E-state index in [2.05, 4.69) is 0 Å². The Labute approximate surface area is 59.5 Å². The molecule has 0 spiro atoms. The topological polar surface area (TPSA) is 95.1 Å². The molecule has 1 heterocycles. The predicted molar refractivity (Wildman–Crippen MR) is 33.7 cm³/mol. The maximum absolute atomic E-state index is 8.25. The van der Waals surface area contributed by atoms with Crippen LogP contribution < -0.4 is 11.3 Å². The van der Waals surface area contributed by atoms with Crippen LogP contribution in [0.25, 0.3) is 0 Å². The van der Waals surface area contributed by atoms with E-state index in [1.165, 1.54) is 0 Å². The van der Waals surface area contributed by atoms with Crippen LogP contribution in [-0.2, 0) is 14.3 Å². The van der Waals surface area contributed by atoms with Crippen molar-refractivity contribution in [2.24, 2.45) is 0 Å². The van der Waals surface area contributed by atoms with Crippen molar-refractivity contribution in [3.63, 3.8) is 0 Å². The zero-order chi connectivity index (χ0) is 6.95. The molecule has 0 radical (unpaired) electrons. The lowest BCUT2D eigenvalue weighted by Crippen LogP contribution is -2.16. The molecule has 5 heteroatoms. The van der Waals surface area contributed by atoms with Gasteiger partial charge in [-0.2, -0.15) is 0 Å². The zero-order valence-electron chi connectivity index (χ0n) is 6.04. The highest BCUT2D eigenvalue weighted by atomic mass is 16.6. The number of rotatable bonds is 0. The van der Waals surface area contributed by atoms with Crippen LogP contribution in [-0.4, -0.2) is 32.9 Å². The zero-order valence-corrected chi connectivity index (χ0v) is 6.04. The number of hydrogen-bond donors (Lipinski definition) is 1. The number of hydrogen-bond acceptors (Lipinski definition) is 4. The van der Waals surface area contributed by atoms with E-state index >= 15 is 0 Å². The van der Waals surface area contributed by atoms with E-state index in [0.717, 1.165) is 26.4 Å². The van der Waals surface area contributed by atoms with Crippen molar-refractivity contribution in [1.82, 2.24) is 6.15 Å². The minimum atomic E-state index is -0.500. The predicted octanol–water partition coefficient (Wildman–Crippen LogP) is -1.22. The molecule has 0 aromatic carbocycles. The molecule has 0 saturated carbocycles. The molecule has 1 aliphatic heterocycles. The Kier molecular flexibility index (Phi) is 13.5. The van der Waals surface area contributed by atoms with Crippen molar-refractivity contribution in [1.29, 1.82) is 0 Å². The Morgan fingerprint density at radius 1 is 1.10 bits per heavy atom. The van der Waals surface area contributed by atoms with Gasteiger partial charge in [0.05, 0.1) is 26.4 Å². The van der Waals surface area contributed by atoms with E-state index in [9.17, 15) is 0 Å². The van der Waals surface area contributed by atoms with E-state index < -0.39 is 6.47 Å². The Bertz CT molecular complexity index is 53.2. The van der Waals surface area contributed by atoms with Gasteiger partial charge in [-0.3, -0.25) is 0 Å². The third-order valence-electron chi connectivity index (χ3n) is 0.744. The SMILES string of the molecule is C1COCCO1.O=C[O-].[NH4+]. The fraction of sp³-hybridized carbons (Fsp3) is 0.800. The third kappa shape index (κ3) is 10.4. The normalized spacial score (nSPS) is 15.6. The quantitative estimate of drug-likeness (QED) is 0.439. The highest BCUT2D eigenvalue weighted by molar-refractivity contribution is 5.29. The maximum atomic E-state index is 8.25. The lowest BCUT2D eigenvalue weighted by atomic mass is 10.6. The minimum Gasteiger partial charge on any atom is -0.554 e. The standard InChI is InChI=1S/C4H8O2.CH2O2.H3N/c1-2-6-4-3-5-1;2-1-3;/h1-4H2;1H,(H,2,3);1H3. The fourth-order valence-electron chi connectivity index (χ4n) is 0.440. The summed E-state index contributed by atoms with van der Waals surface area (Å²) in [6, 6.07) is 0. The largest absolute Gasteiger partial charge is 0.554 e. The Hall–Kier alpha value is -0.650. The van der Waals surface area contributed by atoms with Gasteiger partial charge in [0.25, 0.3) is 0 Å². The molecule has 4 N–H and O–H groups in total. The average molecular weight is 151 g/mol. The fourth-order valence-corrected chi connectivity index (χ4v) is 0.440. The molecule has 0 amide bonds. The Morgan fingerprint density at radius 2 is 1.30 bits per heavy atom. The first-order chi connectivity index (χ1) is 4.41. The van der Waals surface area contributed by atoms with Crippen LogP contribution in [0, 0.1) is 0 Å². The van der Waals surface area contributed by atoms with Crippen molar-refractivity contribution in [2.45, 2.75) is 0 Å². The molecule has 0 atom stereocenters. The van der Waals surface area contributed by atoms with Crippen LogP contribution in [0.15, 0.2) is 0 Å². The first-order valence-corrected chi connectivity index (χ1v) is 2.63. The number of carboxylic acid groups (broad SMARTS) is 1. The average Bonchev–Trinajstić information content (AvgIpc) is 1.93. The molecule has 1 aliphatic rings. The van der Waals surface area contributed by atoms with Crippen molar-refractivity contribution in [3.8, 4) is 0 Å². The van der Waals surface area contributed by atoms with E-state index in [1.807, 2.05) is 0 Å². The highest BCUT2D eigenvalue weighted by Gasteiger charge is 1.94. The van der Waals surface area contributed by atoms with E-state index in [1.54, 1.807) is 0 Å². The number of ether oxygens (including phenoxy) is 2. The molecule has 0 aromatic rings. The van der Waals surface area contributed by atoms with Gasteiger partial charge in [0, 0.05) is 6.47 Å². The molecule has 10 heavy (non-hydrogen) atoms. The summed E-state index contributed by atoms with van der Waals surface area (Å²) in [5.74, 6) is 0. The molecular formula is C5H13NO4. The molecular weight excluding hydrogens is 138 g/mol. The summed E-state index contributed by atoms with van der Waals surface area (Å²) in [5, 5.41) is 8.25.